The highest BCUT2D eigenvalue weighted by atomic mass is 32.2. The molecule has 0 unspecified atom stereocenters. The number of hydrogen-bond acceptors (Lipinski definition) is 6. The lowest BCUT2D eigenvalue weighted by Crippen LogP contribution is -1.94. The van der Waals surface area contributed by atoms with Crippen molar-refractivity contribution in [2.75, 3.05) is 0 Å². The first-order chi connectivity index (χ1) is 8.25. The summed E-state index contributed by atoms with van der Waals surface area (Å²) in [4.78, 5) is 9.53. The van der Waals surface area contributed by atoms with Gasteiger partial charge in [-0.15, -0.1) is 21.5 Å². The summed E-state index contributed by atoms with van der Waals surface area (Å²) in [5.74, 6) is 0.892. The molecule has 7 heteroatoms. The molecule has 3 aromatic heterocycles. The molecular formula is C10H9N5S2. The van der Waals surface area contributed by atoms with Gasteiger partial charge in [-0.25, -0.2) is 9.97 Å². The molecule has 0 bridgehead atoms. The molecule has 3 rings (SSSR count). The minimum absolute atomic E-state index is 0.841. The standard InChI is InChI=1S/C10H9N5S2/c1-6-13-14-10(15(6)2)17-9-7-3-4-16-8(7)11-5-12-9/h3-5H,1-2H3. The van der Waals surface area contributed by atoms with E-state index in [2.05, 4.69) is 20.2 Å². The molecule has 0 amide bonds. The van der Waals surface area contributed by atoms with Gasteiger partial charge in [-0.3, -0.25) is 0 Å². The third-order valence-corrected chi connectivity index (χ3v) is 4.34. The minimum Gasteiger partial charge on any atom is -0.309 e. The van der Waals surface area contributed by atoms with Crippen LogP contribution in [0.3, 0.4) is 0 Å². The van der Waals surface area contributed by atoms with Crippen molar-refractivity contribution >= 4 is 33.3 Å². The summed E-state index contributed by atoms with van der Waals surface area (Å²) in [5.41, 5.74) is 0. The first-order valence-electron chi connectivity index (χ1n) is 4.98. The average Bonchev–Trinajstić information content (AvgIpc) is 2.91. The molecule has 0 aliphatic heterocycles. The van der Waals surface area contributed by atoms with Crippen molar-refractivity contribution in [2.45, 2.75) is 17.1 Å². The molecule has 0 radical (unpaired) electrons. The quantitative estimate of drug-likeness (QED) is 0.664. The first kappa shape index (κ1) is 10.7. The van der Waals surface area contributed by atoms with Gasteiger partial charge in [0.2, 0.25) is 0 Å². The van der Waals surface area contributed by atoms with Crippen LogP contribution in [0.25, 0.3) is 10.2 Å². The summed E-state index contributed by atoms with van der Waals surface area (Å²) in [6.45, 7) is 1.93. The molecule has 5 nitrogen and oxygen atoms in total. The largest absolute Gasteiger partial charge is 0.309 e. The lowest BCUT2D eigenvalue weighted by atomic mass is 10.4. The van der Waals surface area contributed by atoms with Crippen molar-refractivity contribution in [3.05, 3.63) is 23.6 Å². The van der Waals surface area contributed by atoms with Crippen molar-refractivity contribution < 1.29 is 0 Å². The van der Waals surface area contributed by atoms with Gasteiger partial charge in [0.05, 0.1) is 0 Å². The maximum atomic E-state index is 4.30. The van der Waals surface area contributed by atoms with E-state index < -0.39 is 0 Å². The Labute approximate surface area is 106 Å². The van der Waals surface area contributed by atoms with E-state index in [1.54, 1.807) is 17.7 Å². The molecule has 17 heavy (non-hydrogen) atoms. The Morgan fingerprint density at radius 2 is 2.18 bits per heavy atom. The lowest BCUT2D eigenvalue weighted by molar-refractivity contribution is 0.765. The first-order valence-corrected chi connectivity index (χ1v) is 6.67. The van der Waals surface area contributed by atoms with Gasteiger partial charge in [0.25, 0.3) is 0 Å². The molecule has 0 aliphatic carbocycles. The van der Waals surface area contributed by atoms with Crippen molar-refractivity contribution in [1.82, 2.24) is 24.7 Å². The van der Waals surface area contributed by atoms with Crippen molar-refractivity contribution in [2.24, 2.45) is 7.05 Å². The van der Waals surface area contributed by atoms with E-state index in [9.17, 15) is 0 Å². The van der Waals surface area contributed by atoms with Gasteiger partial charge in [-0.1, -0.05) is 0 Å². The lowest BCUT2D eigenvalue weighted by Gasteiger charge is -2.01. The SMILES string of the molecule is Cc1nnc(Sc2ncnc3sccc23)n1C. The Hall–Kier alpha value is -1.47. The maximum Gasteiger partial charge on any atom is 0.197 e. The molecule has 3 aromatic rings. The molecule has 0 fully saturated rings. The van der Waals surface area contributed by atoms with Crippen LogP contribution in [0.4, 0.5) is 0 Å². The Balaban J connectivity index is 2.05. The highest BCUT2D eigenvalue weighted by Crippen LogP contribution is 2.31. The van der Waals surface area contributed by atoms with Crippen molar-refractivity contribution in [1.29, 1.82) is 0 Å². The Morgan fingerprint density at radius 1 is 1.29 bits per heavy atom. The molecule has 0 spiro atoms. The number of nitrogens with zero attached hydrogens (tertiary/aromatic N) is 5. The molecule has 0 atom stereocenters. The topological polar surface area (TPSA) is 56.5 Å². The second kappa shape index (κ2) is 4.08. The summed E-state index contributed by atoms with van der Waals surface area (Å²) >= 11 is 3.13. The van der Waals surface area contributed by atoms with E-state index in [-0.39, 0.29) is 0 Å². The van der Waals surface area contributed by atoms with E-state index in [1.165, 1.54) is 11.8 Å². The third kappa shape index (κ3) is 1.81. The van der Waals surface area contributed by atoms with Gasteiger partial charge >= 0.3 is 0 Å². The summed E-state index contributed by atoms with van der Waals surface area (Å²) in [6.07, 6.45) is 1.59. The summed E-state index contributed by atoms with van der Waals surface area (Å²) in [7, 11) is 1.95. The van der Waals surface area contributed by atoms with E-state index in [0.29, 0.717) is 0 Å². The fourth-order valence-electron chi connectivity index (χ4n) is 1.41. The van der Waals surface area contributed by atoms with Gasteiger partial charge in [0.15, 0.2) is 5.16 Å². The zero-order chi connectivity index (χ0) is 11.8. The third-order valence-electron chi connectivity index (χ3n) is 2.47. The number of rotatable bonds is 2. The Morgan fingerprint density at radius 3 is 2.94 bits per heavy atom. The molecule has 86 valence electrons. The Kier molecular flexibility index (Phi) is 2.56. The highest BCUT2D eigenvalue weighted by molar-refractivity contribution is 7.99. The van der Waals surface area contributed by atoms with Crippen molar-refractivity contribution in [3.8, 4) is 0 Å². The monoisotopic (exact) mass is 263 g/mol. The van der Waals surface area contributed by atoms with Crippen LogP contribution in [-0.2, 0) is 7.05 Å². The van der Waals surface area contributed by atoms with E-state index in [1.807, 2.05) is 30.0 Å². The minimum atomic E-state index is 0.841. The molecular weight excluding hydrogens is 254 g/mol. The molecule has 0 aromatic carbocycles. The van der Waals surface area contributed by atoms with Gasteiger partial charge < -0.3 is 4.57 Å². The number of thiophene rings is 1. The second-order valence-corrected chi connectivity index (χ2v) is 5.36. The molecule has 0 N–H and O–H groups in total. The van der Waals surface area contributed by atoms with E-state index in [4.69, 9.17) is 0 Å². The van der Waals surface area contributed by atoms with Gasteiger partial charge in [0, 0.05) is 12.4 Å². The van der Waals surface area contributed by atoms with Crippen LogP contribution >= 0.6 is 23.1 Å². The van der Waals surface area contributed by atoms with Crippen LogP contribution in [-0.4, -0.2) is 24.7 Å². The smallest absolute Gasteiger partial charge is 0.197 e. The Bertz CT molecular complexity index is 672. The highest BCUT2D eigenvalue weighted by Gasteiger charge is 2.11. The van der Waals surface area contributed by atoms with Crippen LogP contribution in [0.1, 0.15) is 5.82 Å². The predicted octanol–water partition coefficient (Wildman–Crippen LogP) is 2.28. The summed E-state index contributed by atoms with van der Waals surface area (Å²) < 4.78 is 1.95. The van der Waals surface area contributed by atoms with Gasteiger partial charge in [-0.05, 0) is 30.1 Å². The zero-order valence-corrected chi connectivity index (χ0v) is 10.9. The van der Waals surface area contributed by atoms with E-state index in [0.717, 1.165) is 26.2 Å². The maximum absolute atomic E-state index is 4.30. The van der Waals surface area contributed by atoms with E-state index >= 15 is 0 Å². The molecule has 0 aliphatic rings. The zero-order valence-electron chi connectivity index (χ0n) is 9.28. The van der Waals surface area contributed by atoms with Crippen LogP contribution in [0.15, 0.2) is 28.0 Å². The summed E-state index contributed by atoms with van der Waals surface area (Å²) in [6, 6.07) is 2.03. The molecule has 0 saturated heterocycles. The van der Waals surface area contributed by atoms with Gasteiger partial charge in [0.1, 0.15) is 22.0 Å². The number of hydrogen-bond donors (Lipinski definition) is 0. The molecule has 0 saturated carbocycles. The number of aryl methyl sites for hydroxylation is 1. The van der Waals surface area contributed by atoms with Crippen LogP contribution in [0.2, 0.25) is 0 Å². The molecule has 3 heterocycles. The summed E-state index contributed by atoms with van der Waals surface area (Å²) in [5, 5.41) is 13.0. The van der Waals surface area contributed by atoms with Gasteiger partial charge in [-0.2, -0.15) is 0 Å². The van der Waals surface area contributed by atoms with Crippen LogP contribution < -0.4 is 0 Å². The number of fused-ring (bicyclic) bond motifs is 1. The normalized spacial score (nSPS) is 11.2. The fourth-order valence-corrected chi connectivity index (χ4v) is 3.11. The predicted molar refractivity (Wildman–Crippen MR) is 67.3 cm³/mol. The second-order valence-electron chi connectivity index (χ2n) is 3.51. The fraction of sp³-hybridized carbons (Fsp3) is 0.200. The van der Waals surface area contributed by atoms with Crippen LogP contribution in [0, 0.1) is 6.92 Å². The van der Waals surface area contributed by atoms with Crippen LogP contribution in [0.5, 0.6) is 0 Å². The average molecular weight is 263 g/mol. The number of aromatic nitrogens is 5. The van der Waals surface area contributed by atoms with Crippen molar-refractivity contribution in [3.63, 3.8) is 0 Å².